The molecule has 2 rings (SSSR count). The third kappa shape index (κ3) is 3.92. The summed E-state index contributed by atoms with van der Waals surface area (Å²) in [4.78, 5) is 16.7. The zero-order valence-electron chi connectivity index (χ0n) is 14.7. The Morgan fingerprint density at radius 1 is 0.783 bits per heavy atom. The van der Waals surface area contributed by atoms with Gasteiger partial charge in [0, 0.05) is 46.0 Å². The van der Waals surface area contributed by atoms with Gasteiger partial charge in [-0.2, -0.15) is 0 Å². The Kier molecular flexibility index (Phi) is 5.43. The molecule has 0 amide bonds. The Hall–Kier alpha value is -2.29. The zero-order chi connectivity index (χ0) is 17.0. The molecule has 0 unspecified atom stereocenters. The maximum atomic E-state index is 12.5. The molecule has 2 aromatic rings. The van der Waals surface area contributed by atoms with Crippen molar-refractivity contribution in [3.8, 4) is 0 Å². The molecule has 0 radical (unpaired) electrons. The van der Waals surface area contributed by atoms with Gasteiger partial charge in [-0.15, -0.1) is 0 Å². The van der Waals surface area contributed by atoms with Crippen molar-refractivity contribution >= 4 is 17.2 Å². The van der Waals surface area contributed by atoms with E-state index >= 15 is 0 Å². The summed E-state index contributed by atoms with van der Waals surface area (Å²) in [5.74, 6) is 0.0626. The van der Waals surface area contributed by atoms with E-state index in [1.165, 1.54) is 0 Å². The van der Waals surface area contributed by atoms with Crippen LogP contribution in [0.25, 0.3) is 0 Å². The van der Waals surface area contributed by atoms with Crippen molar-refractivity contribution in [2.75, 3.05) is 38.0 Å². The van der Waals surface area contributed by atoms with Crippen LogP contribution in [-0.2, 0) is 4.79 Å². The second-order valence-electron chi connectivity index (χ2n) is 6.22. The van der Waals surface area contributed by atoms with Crippen molar-refractivity contribution in [2.45, 2.75) is 19.3 Å². The van der Waals surface area contributed by atoms with E-state index in [0.29, 0.717) is 6.42 Å². The van der Waals surface area contributed by atoms with Gasteiger partial charge in [-0.25, -0.2) is 0 Å². The molecule has 0 saturated carbocycles. The minimum Gasteiger partial charge on any atom is -0.378 e. The van der Waals surface area contributed by atoms with Gasteiger partial charge in [0.1, 0.15) is 5.78 Å². The van der Waals surface area contributed by atoms with E-state index in [1.54, 1.807) is 0 Å². The molecule has 0 saturated heterocycles. The number of rotatable bonds is 6. The van der Waals surface area contributed by atoms with E-state index in [2.05, 4.69) is 58.3 Å². The average molecular weight is 310 g/mol. The average Bonchev–Trinajstić information content (AvgIpc) is 2.55. The molecule has 0 heterocycles. The van der Waals surface area contributed by atoms with Crippen LogP contribution in [0.2, 0.25) is 0 Å². The Morgan fingerprint density at radius 3 is 1.39 bits per heavy atom. The summed E-state index contributed by atoms with van der Waals surface area (Å²) in [5, 5.41) is 0. The standard InChI is InChI=1S/C20H26N2O/c1-6-19(23)20(15-7-11-17(12-8-15)21(2)3)16-9-13-18(14-10-16)22(4)5/h7-14,20H,6H2,1-5H3. The highest BCUT2D eigenvalue weighted by Gasteiger charge is 2.21. The minimum atomic E-state index is -0.188. The van der Waals surface area contributed by atoms with Gasteiger partial charge >= 0.3 is 0 Å². The maximum absolute atomic E-state index is 12.5. The molecule has 0 aliphatic carbocycles. The lowest BCUT2D eigenvalue weighted by Gasteiger charge is -2.20. The second kappa shape index (κ2) is 7.32. The molecule has 0 N–H and O–H groups in total. The maximum Gasteiger partial charge on any atom is 0.144 e. The van der Waals surface area contributed by atoms with Crippen molar-refractivity contribution < 1.29 is 4.79 Å². The summed E-state index contributed by atoms with van der Waals surface area (Å²) in [6, 6.07) is 16.5. The quantitative estimate of drug-likeness (QED) is 0.807. The number of carbonyl (C=O) groups excluding carboxylic acids is 1. The molecule has 122 valence electrons. The lowest BCUT2D eigenvalue weighted by atomic mass is 9.86. The molecular formula is C20H26N2O. The lowest BCUT2D eigenvalue weighted by molar-refractivity contribution is -0.119. The first-order valence-electron chi connectivity index (χ1n) is 8.01. The molecule has 0 spiro atoms. The van der Waals surface area contributed by atoms with Gasteiger partial charge in [0.25, 0.3) is 0 Å². The Morgan fingerprint density at radius 2 is 1.13 bits per heavy atom. The monoisotopic (exact) mass is 310 g/mol. The largest absolute Gasteiger partial charge is 0.378 e. The van der Waals surface area contributed by atoms with Crippen LogP contribution in [0.5, 0.6) is 0 Å². The lowest BCUT2D eigenvalue weighted by Crippen LogP contribution is -2.14. The summed E-state index contributed by atoms with van der Waals surface area (Å²) in [7, 11) is 8.07. The fourth-order valence-corrected chi connectivity index (χ4v) is 2.70. The molecule has 2 aromatic carbocycles. The van der Waals surface area contributed by atoms with Crippen LogP contribution < -0.4 is 9.80 Å². The van der Waals surface area contributed by atoms with Gasteiger partial charge in [0.15, 0.2) is 0 Å². The number of carbonyl (C=O) groups is 1. The van der Waals surface area contributed by atoms with Gasteiger partial charge in [0.2, 0.25) is 0 Å². The molecule has 23 heavy (non-hydrogen) atoms. The molecule has 0 fully saturated rings. The minimum absolute atomic E-state index is 0.188. The first-order chi connectivity index (χ1) is 10.9. The van der Waals surface area contributed by atoms with Gasteiger partial charge in [-0.1, -0.05) is 31.2 Å². The fourth-order valence-electron chi connectivity index (χ4n) is 2.70. The molecule has 3 nitrogen and oxygen atoms in total. The van der Waals surface area contributed by atoms with Gasteiger partial charge in [0.05, 0.1) is 5.92 Å². The third-order valence-electron chi connectivity index (χ3n) is 4.16. The fraction of sp³-hybridized carbons (Fsp3) is 0.350. The van der Waals surface area contributed by atoms with E-state index in [-0.39, 0.29) is 11.7 Å². The molecule has 0 aromatic heterocycles. The summed E-state index contributed by atoms with van der Waals surface area (Å²) in [6.45, 7) is 1.93. The molecule has 0 aliphatic heterocycles. The first-order valence-corrected chi connectivity index (χ1v) is 8.01. The number of nitrogens with zero attached hydrogens (tertiary/aromatic N) is 2. The van der Waals surface area contributed by atoms with Gasteiger partial charge in [-0.05, 0) is 35.4 Å². The van der Waals surface area contributed by atoms with Crippen molar-refractivity contribution in [3.05, 3.63) is 59.7 Å². The number of Topliss-reactive ketones (excluding diaryl/α,β-unsaturated/α-hetero) is 1. The van der Waals surface area contributed by atoms with Crippen LogP contribution in [0.15, 0.2) is 48.5 Å². The SMILES string of the molecule is CCC(=O)C(c1ccc(N(C)C)cc1)c1ccc(N(C)C)cc1. The predicted octanol–water partition coefficient (Wildman–Crippen LogP) is 3.93. The molecule has 0 atom stereocenters. The number of ketones is 1. The van der Waals surface area contributed by atoms with Crippen molar-refractivity contribution in [1.82, 2.24) is 0 Å². The van der Waals surface area contributed by atoms with E-state index in [0.717, 1.165) is 22.5 Å². The highest BCUT2D eigenvalue weighted by Crippen LogP contribution is 2.29. The van der Waals surface area contributed by atoms with Gasteiger partial charge in [-0.3, -0.25) is 4.79 Å². The molecule has 3 heteroatoms. The number of benzene rings is 2. The van der Waals surface area contributed by atoms with Crippen LogP contribution >= 0.6 is 0 Å². The van der Waals surface area contributed by atoms with E-state index < -0.39 is 0 Å². The Balaban J connectivity index is 2.38. The highest BCUT2D eigenvalue weighted by molar-refractivity contribution is 5.89. The third-order valence-corrected chi connectivity index (χ3v) is 4.16. The number of hydrogen-bond acceptors (Lipinski definition) is 3. The van der Waals surface area contributed by atoms with Crippen LogP contribution in [0.1, 0.15) is 30.4 Å². The Bertz CT molecular complexity index is 591. The topological polar surface area (TPSA) is 23.6 Å². The molecule has 0 aliphatic rings. The molecule has 0 bridgehead atoms. The van der Waals surface area contributed by atoms with Crippen molar-refractivity contribution in [2.24, 2.45) is 0 Å². The first kappa shape index (κ1) is 17.1. The van der Waals surface area contributed by atoms with Crippen LogP contribution in [0.3, 0.4) is 0 Å². The summed E-state index contributed by atoms with van der Waals surface area (Å²) >= 11 is 0. The number of anilines is 2. The van der Waals surface area contributed by atoms with E-state index in [1.807, 2.05) is 35.1 Å². The predicted molar refractivity (Wildman–Crippen MR) is 98.7 cm³/mol. The summed E-state index contributed by atoms with van der Waals surface area (Å²) in [6.07, 6.45) is 0.537. The Labute approximate surface area is 139 Å². The zero-order valence-corrected chi connectivity index (χ0v) is 14.7. The summed E-state index contributed by atoms with van der Waals surface area (Å²) < 4.78 is 0. The van der Waals surface area contributed by atoms with Crippen LogP contribution in [-0.4, -0.2) is 34.0 Å². The smallest absolute Gasteiger partial charge is 0.144 e. The van der Waals surface area contributed by atoms with Crippen molar-refractivity contribution in [1.29, 1.82) is 0 Å². The van der Waals surface area contributed by atoms with Crippen LogP contribution in [0, 0.1) is 0 Å². The summed E-state index contributed by atoms with van der Waals surface area (Å²) in [5.41, 5.74) is 4.39. The van der Waals surface area contributed by atoms with Crippen molar-refractivity contribution in [3.63, 3.8) is 0 Å². The van der Waals surface area contributed by atoms with Gasteiger partial charge < -0.3 is 9.80 Å². The number of hydrogen-bond donors (Lipinski definition) is 0. The molecular weight excluding hydrogens is 284 g/mol. The normalized spacial score (nSPS) is 10.7. The second-order valence-corrected chi connectivity index (χ2v) is 6.22. The van der Waals surface area contributed by atoms with E-state index in [4.69, 9.17) is 0 Å². The highest BCUT2D eigenvalue weighted by atomic mass is 16.1. The van der Waals surface area contributed by atoms with Crippen LogP contribution in [0.4, 0.5) is 11.4 Å². The van der Waals surface area contributed by atoms with E-state index in [9.17, 15) is 4.79 Å².